The highest BCUT2D eigenvalue weighted by Crippen LogP contribution is 2.23. The summed E-state index contributed by atoms with van der Waals surface area (Å²) in [6.07, 6.45) is 1.34. The van der Waals surface area contributed by atoms with E-state index in [0.717, 1.165) is 5.56 Å². The molecule has 0 saturated carbocycles. The number of ether oxygens (including phenoxy) is 1. The number of hydrogen-bond donors (Lipinski definition) is 3. The number of benzene rings is 1. The fourth-order valence-electron chi connectivity index (χ4n) is 3.44. The Morgan fingerprint density at radius 2 is 1.89 bits per heavy atom. The van der Waals surface area contributed by atoms with Gasteiger partial charge in [-0.2, -0.15) is 0 Å². The lowest BCUT2D eigenvalue weighted by Crippen LogP contribution is -2.51. The van der Waals surface area contributed by atoms with Gasteiger partial charge in [-0.1, -0.05) is 31.5 Å². The Labute approximate surface area is 165 Å². The number of nitrogens with one attached hydrogen (secondary N) is 2. The van der Waals surface area contributed by atoms with Gasteiger partial charge in [-0.15, -0.1) is 0 Å². The summed E-state index contributed by atoms with van der Waals surface area (Å²) in [5.74, 6) is -2.43. The number of carbonyl (C=O) groups is 3. The lowest BCUT2D eigenvalue weighted by atomic mass is 9.86. The van der Waals surface area contributed by atoms with Crippen molar-refractivity contribution in [1.82, 2.24) is 10.6 Å². The molecule has 2 unspecified atom stereocenters. The lowest BCUT2D eigenvalue weighted by Gasteiger charge is -2.28. The van der Waals surface area contributed by atoms with Gasteiger partial charge in [0.2, 0.25) is 5.91 Å². The predicted octanol–water partition coefficient (Wildman–Crippen LogP) is 1.99. The smallest absolute Gasteiger partial charge is 0.308 e. The van der Waals surface area contributed by atoms with Crippen LogP contribution in [0.15, 0.2) is 24.3 Å². The van der Waals surface area contributed by atoms with Gasteiger partial charge in [-0.25, -0.2) is 0 Å². The summed E-state index contributed by atoms with van der Waals surface area (Å²) >= 11 is 0. The van der Waals surface area contributed by atoms with Crippen molar-refractivity contribution in [2.75, 3.05) is 19.8 Å². The van der Waals surface area contributed by atoms with Crippen LogP contribution in [0.5, 0.6) is 0 Å². The molecular formula is C21H30N2O5. The van der Waals surface area contributed by atoms with Gasteiger partial charge in [0.25, 0.3) is 5.91 Å². The lowest BCUT2D eigenvalue weighted by molar-refractivity contribution is -0.145. The first kappa shape index (κ1) is 21.9. The van der Waals surface area contributed by atoms with E-state index in [1.165, 1.54) is 0 Å². The molecule has 1 fully saturated rings. The molecule has 1 aromatic carbocycles. The van der Waals surface area contributed by atoms with Gasteiger partial charge < -0.3 is 20.5 Å². The predicted molar refractivity (Wildman–Crippen MR) is 105 cm³/mol. The van der Waals surface area contributed by atoms with Crippen molar-refractivity contribution in [1.29, 1.82) is 0 Å². The Kier molecular flexibility index (Phi) is 7.99. The Hall–Kier alpha value is -2.41. The summed E-state index contributed by atoms with van der Waals surface area (Å²) in [6, 6.07) is 6.41. The number of amides is 2. The molecule has 7 nitrogen and oxygen atoms in total. The first-order chi connectivity index (χ1) is 13.3. The van der Waals surface area contributed by atoms with Crippen molar-refractivity contribution in [3.8, 4) is 0 Å². The van der Waals surface area contributed by atoms with Crippen LogP contribution in [0, 0.1) is 24.7 Å². The van der Waals surface area contributed by atoms with Crippen molar-refractivity contribution in [3.63, 3.8) is 0 Å². The Morgan fingerprint density at radius 1 is 1.21 bits per heavy atom. The van der Waals surface area contributed by atoms with Crippen LogP contribution in [0.1, 0.15) is 42.6 Å². The first-order valence-electron chi connectivity index (χ1n) is 9.75. The molecule has 1 aliphatic heterocycles. The maximum Gasteiger partial charge on any atom is 0.308 e. The molecule has 3 N–H and O–H groups in total. The number of carbonyl (C=O) groups excluding carboxylic acids is 2. The molecule has 2 atom stereocenters. The minimum Gasteiger partial charge on any atom is -0.481 e. The van der Waals surface area contributed by atoms with Crippen molar-refractivity contribution in [2.24, 2.45) is 17.8 Å². The molecule has 1 heterocycles. The zero-order valence-corrected chi connectivity index (χ0v) is 16.7. The summed E-state index contributed by atoms with van der Waals surface area (Å²) in [7, 11) is 0. The standard InChI is InChI=1S/C21H30N2O5/c1-13(2)18(23-19(24)16-6-4-5-14(3)11-16)20(25)22-12-17(21(26)27)15-7-9-28-10-8-15/h4-6,11,13,15,17-18H,7-10,12H2,1-3H3,(H,22,25)(H,23,24)(H,26,27). The molecule has 0 aliphatic carbocycles. The minimum absolute atomic E-state index is 0.0223. The molecule has 0 radical (unpaired) electrons. The monoisotopic (exact) mass is 390 g/mol. The van der Waals surface area contributed by atoms with E-state index in [-0.39, 0.29) is 30.2 Å². The highest BCUT2D eigenvalue weighted by molar-refractivity contribution is 5.97. The summed E-state index contributed by atoms with van der Waals surface area (Å²) in [5.41, 5.74) is 1.45. The zero-order valence-electron chi connectivity index (χ0n) is 16.7. The van der Waals surface area contributed by atoms with Crippen molar-refractivity contribution in [3.05, 3.63) is 35.4 Å². The van der Waals surface area contributed by atoms with Crippen molar-refractivity contribution < 1.29 is 24.2 Å². The second-order valence-corrected chi connectivity index (χ2v) is 7.70. The first-order valence-corrected chi connectivity index (χ1v) is 9.75. The third-order valence-corrected chi connectivity index (χ3v) is 5.16. The number of hydrogen-bond acceptors (Lipinski definition) is 4. The Balaban J connectivity index is 1.99. The van der Waals surface area contributed by atoms with E-state index in [2.05, 4.69) is 10.6 Å². The van der Waals surface area contributed by atoms with E-state index < -0.39 is 17.9 Å². The maximum atomic E-state index is 12.7. The van der Waals surface area contributed by atoms with E-state index >= 15 is 0 Å². The highest BCUT2D eigenvalue weighted by atomic mass is 16.5. The molecular weight excluding hydrogens is 360 g/mol. The van der Waals surface area contributed by atoms with Gasteiger partial charge >= 0.3 is 5.97 Å². The van der Waals surface area contributed by atoms with Gasteiger partial charge in [0.05, 0.1) is 5.92 Å². The molecule has 28 heavy (non-hydrogen) atoms. The average Bonchev–Trinajstić information content (AvgIpc) is 2.66. The second kappa shape index (κ2) is 10.2. The third kappa shape index (κ3) is 6.05. The zero-order chi connectivity index (χ0) is 20.7. The van der Waals surface area contributed by atoms with Gasteiger partial charge in [0.1, 0.15) is 6.04 Å². The molecule has 1 saturated heterocycles. The van der Waals surface area contributed by atoms with Crippen molar-refractivity contribution in [2.45, 2.75) is 39.7 Å². The molecule has 0 bridgehead atoms. The van der Waals surface area contributed by atoms with Gasteiger partial charge in [0, 0.05) is 25.3 Å². The van der Waals surface area contributed by atoms with Crippen LogP contribution in [0.2, 0.25) is 0 Å². The van der Waals surface area contributed by atoms with Gasteiger partial charge in [0.15, 0.2) is 0 Å². The topological polar surface area (TPSA) is 105 Å². The number of carboxylic acids is 1. The SMILES string of the molecule is Cc1cccc(C(=O)NC(C(=O)NCC(C(=O)O)C2CCOCC2)C(C)C)c1. The maximum absolute atomic E-state index is 12.7. The van der Waals surface area contributed by atoms with E-state index in [9.17, 15) is 19.5 Å². The fraction of sp³-hybridized carbons (Fsp3) is 0.571. The van der Waals surface area contributed by atoms with Crippen LogP contribution >= 0.6 is 0 Å². The number of carboxylic acid groups (broad SMARTS) is 1. The summed E-state index contributed by atoms with van der Waals surface area (Å²) in [6.45, 7) is 6.71. The van der Waals surface area contributed by atoms with Crippen LogP contribution in [0.4, 0.5) is 0 Å². The Morgan fingerprint density at radius 3 is 2.46 bits per heavy atom. The summed E-state index contributed by atoms with van der Waals surface area (Å²) < 4.78 is 5.29. The van der Waals surface area contributed by atoms with Crippen LogP contribution in [0.3, 0.4) is 0 Å². The third-order valence-electron chi connectivity index (χ3n) is 5.16. The minimum atomic E-state index is -0.919. The number of aryl methyl sites for hydroxylation is 1. The largest absolute Gasteiger partial charge is 0.481 e. The molecule has 154 valence electrons. The van der Waals surface area contributed by atoms with Crippen LogP contribution in [-0.4, -0.2) is 48.7 Å². The molecule has 0 aromatic heterocycles. The Bertz CT molecular complexity index is 698. The summed E-state index contributed by atoms with van der Waals surface area (Å²) in [4.78, 5) is 36.8. The molecule has 1 aromatic rings. The molecule has 2 amide bonds. The van der Waals surface area contributed by atoms with E-state index in [1.54, 1.807) is 18.2 Å². The highest BCUT2D eigenvalue weighted by Gasteiger charge is 2.31. The number of aliphatic carboxylic acids is 1. The van der Waals surface area contributed by atoms with E-state index in [0.29, 0.717) is 31.6 Å². The number of rotatable bonds is 8. The molecule has 0 spiro atoms. The van der Waals surface area contributed by atoms with Crippen LogP contribution in [-0.2, 0) is 14.3 Å². The van der Waals surface area contributed by atoms with E-state index in [4.69, 9.17) is 4.74 Å². The van der Waals surface area contributed by atoms with Crippen LogP contribution < -0.4 is 10.6 Å². The van der Waals surface area contributed by atoms with Crippen LogP contribution in [0.25, 0.3) is 0 Å². The second-order valence-electron chi connectivity index (χ2n) is 7.70. The van der Waals surface area contributed by atoms with Gasteiger partial charge in [-0.05, 0) is 43.7 Å². The molecule has 2 rings (SSSR count). The average molecular weight is 390 g/mol. The van der Waals surface area contributed by atoms with Crippen molar-refractivity contribution >= 4 is 17.8 Å². The quantitative estimate of drug-likeness (QED) is 0.630. The van der Waals surface area contributed by atoms with E-state index in [1.807, 2.05) is 26.8 Å². The molecule has 7 heteroatoms. The summed E-state index contributed by atoms with van der Waals surface area (Å²) in [5, 5.41) is 15.1. The molecule has 1 aliphatic rings. The normalized spacial score (nSPS) is 17.0. The van der Waals surface area contributed by atoms with Gasteiger partial charge in [-0.3, -0.25) is 14.4 Å². The fourth-order valence-corrected chi connectivity index (χ4v) is 3.44.